The van der Waals surface area contributed by atoms with Crippen molar-refractivity contribution in [1.82, 2.24) is 0 Å². The van der Waals surface area contributed by atoms with E-state index in [0.717, 1.165) is 16.7 Å². The van der Waals surface area contributed by atoms with Gasteiger partial charge in [0.25, 0.3) is 0 Å². The molecule has 0 N–H and O–H groups in total. The first-order valence-electron chi connectivity index (χ1n) is 19.0. The Morgan fingerprint density at radius 1 is 0.491 bits per heavy atom. The number of hydrogen-bond acceptors (Lipinski definition) is 11. The zero-order valence-electron chi connectivity index (χ0n) is 31.6. The zero-order chi connectivity index (χ0) is 39.2. The molecule has 2 aliphatic heterocycles. The van der Waals surface area contributed by atoms with E-state index in [-0.39, 0.29) is 26.4 Å². The molecule has 0 saturated carbocycles. The molecule has 296 valence electrons. The normalized spacial score (nSPS) is 24.2. The van der Waals surface area contributed by atoms with E-state index < -0.39 is 61.1 Å². The molecule has 0 unspecified atom stereocenters. The van der Waals surface area contributed by atoms with E-state index in [1.165, 1.54) is 7.11 Å². The minimum Gasteiger partial charge on any atom is -0.459 e. The topological polar surface area (TPSA) is 117 Å². The van der Waals surface area contributed by atoms with Crippen LogP contribution in [0.25, 0.3) is 0 Å². The van der Waals surface area contributed by atoms with E-state index in [0.29, 0.717) is 17.7 Å². The first-order valence-corrected chi connectivity index (χ1v) is 19.0. The molecule has 2 heterocycles. The lowest BCUT2D eigenvalue weighted by Crippen LogP contribution is -2.46. The van der Waals surface area contributed by atoms with Crippen molar-refractivity contribution in [3.63, 3.8) is 0 Å². The summed E-state index contributed by atoms with van der Waals surface area (Å²) in [5.74, 6) is -1.16. The number of rotatable bonds is 18. The van der Waals surface area contributed by atoms with Gasteiger partial charge in [0.05, 0.1) is 37.6 Å². The van der Waals surface area contributed by atoms with Crippen LogP contribution < -0.4 is 0 Å². The summed E-state index contributed by atoms with van der Waals surface area (Å²) in [5.41, 5.74) is 3.61. The molecular weight excluding hydrogens is 728 g/mol. The number of esters is 2. The molecule has 8 atom stereocenters. The van der Waals surface area contributed by atoms with Gasteiger partial charge in [0.1, 0.15) is 37.1 Å². The zero-order valence-corrected chi connectivity index (χ0v) is 31.6. The second-order valence-electron chi connectivity index (χ2n) is 13.6. The number of ether oxygens (including phenoxy) is 9. The lowest BCUT2D eigenvalue weighted by Gasteiger charge is -2.29. The highest BCUT2D eigenvalue weighted by atomic mass is 16.8. The van der Waals surface area contributed by atoms with Crippen LogP contribution >= 0.6 is 0 Å². The Bertz CT molecular complexity index is 1950. The fourth-order valence-electron chi connectivity index (χ4n) is 6.75. The molecule has 5 aromatic carbocycles. The summed E-state index contributed by atoms with van der Waals surface area (Å²) in [7, 11) is 1.44. The maximum atomic E-state index is 13.5. The molecule has 11 nitrogen and oxygen atoms in total. The van der Waals surface area contributed by atoms with E-state index in [4.69, 9.17) is 42.6 Å². The van der Waals surface area contributed by atoms with Gasteiger partial charge in [0.15, 0.2) is 18.7 Å². The van der Waals surface area contributed by atoms with Crippen LogP contribution in [0.5, 0.6) is 0 Å². The summed E-state index contributed by atoms with van der Waals surface area (Å²) in [5, 5.41) is 0. The molecule has 57 heavy (non-hydrogen) atoms. The molecule has 11 heteroatoms. The second-order valence-corrected chi connectivity index (χ2v) is 13.6. The van der Waals surface area contributed by atoms with Gasteiger partial charge in [-0.2, -0.15) is 0 Å². The SMILES string of the molecule is CO[C@H]1O[C@H](COC(=O)c2ccccc2)[C@@H](O[C@@H]2O[C@H](COCc3ccccc3)[C@@H](OCc3ccccc3)[C@@H]2OCc2ccccc2)[C@@H]1OC(=O)c1ccccc1. The highest BCUT2D eigenvalue weighted by Gasteiger charge is 2.54. The largest absolute Gasteiger partial charge is 0.459 e. The smallest absolute Gasteiger partial charge is 0.338 e. The van der Waals surface area contributed by atoms with Crippen molar-refractivity contribution >= 4 is 11.9 Å². The van der Waals surface area contributed by atoms with Gasteiger partial charge in [-0.15, -0.1) is 0 Å². The molecule has 2 saturated heterocycles. The Kier molecular flexibility index (Phi) is 14.2. The summed E-state index contributed by atoms with van der Waals surface area (Å²) >= 11 is 0. The average Bonchev–Trinajstić information content (AvgIpc) is 3.77. The Morgan fingerprint density at radius 2 is 0.947 bits per heavy atom. The lowest BCUT2D eigenvalue weighted by molar-refractivity contribution is -0.225. The van der Waals surface area contributed by atoms with Crippen molar-refractivity contribution in [1.29, 1.82) is 0 Å². The number of benzene rings is 5. The molecule has 5 aromatic rings. The van der Waals surface area contributed by atoms with Gasteiger partial charge in [-0.1, -0.05) is 127 Å². The van der Waals surface area contributed by atoms with Crippen molar-refractivity contribution in [2.45, 2.75) is 69.0 Å². The Hall–Kier alpha value is -5.24. The van der Waals surface area contributed by atoms with Crippen LogP contribution in [0.3, 0.4) is 0 Å². The third kappa shape index (κ3) is 10.8. The van der Waals surface area contributed by atoms with E-state index in [1.54, 1.807) is 54.6 Å². The molecule has 0 radical (unpaired) electrons. The highest BCUT2D eigenvalue weighted by molar-refractivity contribution is 5.90. The standard InChI is InChI=1S/C46H46O11/c1-49-45-42(56-44(48)36-25-15-6-16-26-36)40(38(54-45)31-53-43(47)35-23-13-5-14-24-35)57-46-41(52-29-34-21-11-4-12-22-34)39(51-28-33-19-9-3-10-20-33)37(55-46)30-50-27-32-17-7-2-8-18-32/h2-26,37-42,45-46H,27-31H2,1H3/t37-,38-,39-,40-,41+,42+,45+,46+/m1/s1. The fraction of sp³-hybridized carbons (Fsp3) is 0.304. The minimum atomic E-state index is -1.10. The fourth-order valence-corrected chi connectivity index (χ4v) is 6.75. The maximum absolute atomic E-state index is 13.5. The predicted octanol–water partition coefficient (Wildman–Crippen LogP) is 6.94. The van der Waals surface area contributed by atoms with Crippen LogP contribution in [-0.2, 0) is 62.5 Å². The van der Waals surface area contributed by atoms with Crippen LogP contribution in [0.15, 0.2) is 152 Å². The summed E-state index contributed by atoms with van der Waals surface area (Å²) in [6.07, 6.45) is -7.31. The molecule has 0 bridgehead atoms. The molecule has 2 fully saturated rings. The van der Waals surface area contributed by atoms with Crippen molar-refractivity contribution in [3.05, 3.63) is 179 Å². The quantitative estimate of drug-likeness (QED) is 0.0863. The Morgan fingerprint density at radius 3 is 1.49 bits per heavy atom. The van der Waals surface area contributed by atoms with Crippen LogP contribution in [0, 0.1) is 0 Å². The van der Waals surface area contributed by atoms with Gasteiger partial charge in [-0.3, -0.25) is 0 Å². The lowest BCUT2D eigenvalue weighted by atomic mass is 10.1. The summed E-state index contributed by atoms with van der Waals surface area (Å²) < 4.78 is 56.7. The third-order valence-electron chi connectivity index (χ3n) is 9.66. The summed E-state index contributed by atoms with van der Waals surface area (Å²) in [4.78, 5) is 26.6. The molecule has 7 rings (SSSR count). The monoisotopic (exact) mass is 774 g/mol. The minimum absolute atomic E-state index is 0.159. The Labute approximate surface area is 332 Å². The maximum Gasteiger partial charge on any atom is 0.338 e. The molecule has 2 aliphatic rings. The van der Waals surface area contributed by atoms with Crippen molar-refractivity contribution in [2.24, 2.45) is 0 Å². The van der Waals surface area contributed by atoms with Gasteiger partial charge >= 0.3 is 11.9 Å². The van der Waals surface area contributed by atoms with Crippen molar-refractivity contribution in [2.75, 3.05) is 20.3 Å². The summed E-state index contributed by atoms with van der Waals surface area (Å²) in [6, 6.07) is 46.6. The Balaban J connectivity index is 1.17. The molecule has 0 aliphatic carbocycles. The molecule has 0 spiro atoms. The summed E-state index contributed by atoms with van der Waals surface area (Å²) in [6.45, 7) is 0.772. The predicted molar refractivity (Wildman–Crippen MR) is 208 cm³/mol. The van der Waals surface area contributed by atoms with E-state index in [2.05, 4.69) is 0 Å². The van der Waals surface area contributed by atoms with Crippen LogP contribution in [0.2, 0.25) is 0 Å². The van der Waals surface area contributed by atoms with Gasteiger partial charge < -0.3 is 42.6 Å². The van der Waals surface area contributed by atoms with Gasteiger partial charge in [-0.05, 0) is 41.0 Å². The average molecular weight is 775 g/mol. The number of hydrogen-bond donors (Lipinski definition) is 0. The van der Waals surface area contributed by atoms with Crippen LogP contribution in [0.1, 0.15) is 37.4 Å². The molecular formula is C46H46O11. The van der Waals surface area contributed by atoms with Crippen molar-refractivity contribution in [3.8, 4) is 0 Å². The first-order chi connectivity index (χ1) is 28.1. The highest BCUT2D eigenvalue weighted by Crippen LogP contribution is 2.36. The van der Waals surface area contributed by atoms with E-state index in [1.807, 2.05) is 97.1 Å². The van der Waals surface area contributed by atoms with Crippen molar-refractivity contribution < 1.29 is 52.2 Å². The van der Waals surface area contributed by atoms with E-state index in [9.17, 15) is 9.59 Å². The third-order valence-corrected chi connectivity index (χ3v) is 9.66. The van der Waals surface area contributed by atoms with Gasteiger partial charge in [-0.25, -0.2) is 9.59 Å². The number of carbonyl (C=O) groups excluding carboxylic acids is 2. The first kappa shape index (κ1) is 40.0. The number of carbonyl (C=O) groups is 2. The van der Waals surface area contributed by atoms with Crippen LogP contribution in [-0.4, -0.2) is 81.5 Å². The second kappa shape index (κ2) is 20.3. The van der Waals surface area contributed by atoms with E-state index >= 15 is 0 Å². The number of methoxy groups -OCH3 is 1. The molecule has 0 aromatic heterocycles. The molecule has 0 amide bonds. The van der Waals surface area contributed by atoms with Crippen LogP contribution in [0.4, 0.5) is 0 Å². The van der Waals surface area contributed by atoms with Gasteiger partial charge in [0.2, 0.25) is 0 Å². The van der Waals surface area contributed by atoms with Gasteiger partial charge in [0, 0.05) is 7.11 Å².